The van der Waals surface area contributed by atoms with Crippen LogP contribution in [0.3, 0.4) is 0 Å². The Morgan fingerprint density at radius 2 is 2.19 bits per heavy atom. The number of aromatic nitrogens is 1. The molecule has 0 saturated heterocycles. The topological polar surface area (TPSA) is 56.0 Å². The molecular weight excluding hydrogens is 200 g/mol. The molecule has 0 bridgehead atoms. The molecule has 0 aromatic carbocycles. The molecule has 0 aliphatic heterocycles. The van der Waals surface area contributed by atoms with Gasteiger partial charge in [-0.1, -0.05) is 26.3 Å². The average Bonchev–Trinajstić information content (AvgIpc) is 2.26. The summed E-state index contributed by atoms with van der Waals surface area (Å²) in [6.45, 7) is 4.36. The minimum Gasteiger partial charge on any atom is -0.369 e. The van der Waals surface area contributed by atoms with Crippen molar-refractivity contribution in [2.24, 2.45) is 5.73 Å². The van der Waals surface area contributed by atoms with Gasteiger partial charge in [0.25, 0.3) is 0 Å². The number of nitrogens with zero attached hydrogens (tertiary/aromatic N) is 1. The van der Waals surface area contributed by atoms with Crippen LogP contribution in [0.15, 0.2) is 18.3 Å². The summed E-state index contributed by atoms with van der Waals surface area (Å²) in [7, 11) is 0. The van der Waals surface area contributed by atoms with Gasteiger partial charge in [-0.15, -0.1) is 0 Å². The van der Waals surface area contributed by atoms with E-state index in [1.807, 2.05) is 12.1 Å². The van der Waals surface area contributed by atoms with Crippen molar-refractivity contribution < 1.29 is 4.79 Å². The summed E-state index contributed by atoms with van der Waals surface area (Å²) >= 11 is 0. The minimum atomic E-state index is -0.310. The number of nitrogens with two attached hydrogens (primary N) is 1. The summed E-state index contributed by atoms with van der Waals surface area (Å²) in [6.07, 6.45) is 5.48. The first-order chi connectivity index (χ1) is 7.67. The smallest absolute Gasteiger partial charge is 0.221 e. The van der Waals surface area contributed by atoms with E-state index in [0.717, 1.165) is 17.7 Å². The third-order valence-corrected chi connectivity index (χ3v) is 2.77. The maximum atomic E-state index is 10.7. The fourth-order valence-corrected chi connectivity index (χ4v) is 1.89. The molecule has 0 aliphatic rings. The molecule has 16 heavy (non-hydrogen) atoms. The van der Waals surface area contributed by atoms with Gasteiger partial charge in [-0.3, -0.25) is 9.78 Å². The first kappa shape index (κ1) is 12.7. The van der Waals surface area contributed by atoms with E-state index in [0.29, 0.717) is 5.92 Å². The quantitative estimate of drug-likeness (QED) is 0.800. The summed E-state index contributed by atoms with van der Waals surface area (Å²) < 4.78 is 0. The van der Waals surface area contributed by atoms with Gasteiger partial charge >= 0.3 is 0 Å². The zero-order valence-corrected chi connectivity index (χ0v) is 10.1. The molecule has 0 radical (unpaired) electrons. The van der Waals surface area contributed by atoms with E-state index in [1.54, 1.807) is 6.20 Å². The van der Waals surface area contributed by atoms with Gasteiger partial charge in [0.15, 0.2) is 0 Å². The Labute approximate surface area is 97.1 Å². The van der Waals surface area contributed by atoms with E-state index in [-0.39, 0.29) is 12.3 Å². The molecule has 1 heterocycles. The van der Waals surface area contributed by atoms with Crippen LogP contribution in [0.2, 0.25) is 0 Å². The summed E-state index contributed by atoms with van der Waals surface area (Å²) in [5.74, 6) is 0.225. The highest BCUT2D eigenvalue weighted by atomic mass is 16.1. The van der Waals surface area contributed by atoms with Crippen molar-refractivity contribution in [1.29, 1.82) is 0 Å². The van der Waals surface area contributed by atoms with E-state index in [1.165, 1.54) is 12.8 Å². The SMILES string of the molecule is CCCC(CC)c1ccc(CC(N)=O)cn1. The van der Waals surface area contributed by atoms with Crippen LogP contribution in [0.25, 0.3) is 0 Å². The fourth-order valence-electron chi connectivity index (χ4n) is 1.89. The normalized spacial score (nSPS) is 12.4. The highest BCUT2D eigenvalue weighted by Gasteiger charge is 2.09. The van der Waals surface area contributed by atoms with Gasteiger partial charge in [-0.05, 0) is 24.5 Å². The third kappa shape index (κ3) is 3.65. The fraction of sp³-hybridized carbons (Fsp3) is 0.538. The van der Waals surface area contributed by atoms with Gasteiger partial charge in [0, 0.05) is 17.8 Å². The molecule has 3 heteroatoms. The van der Waals surface area contributed by atoms with Crippen LogP contribution in [0.4, 0.5) is 0 Å². The lowest BCUT2D eigenvalue weighted by molar-refractivity contribution is -0.117. The zero-order valence-electron chi connectivity index (χ0n) is 10.1. The Hall–Kier alpha value is -1.38. The van der Waals surface area contributed by atoms with E-state index in [4.69, 9.17) is 5.73 Å². The predicted octanol–water partition coefficient (Wildman–Crippen LogP) is 2.40. The molecule has 1 unspecified atom stereocenters. The highest BCUT2D eigenvalue weighted by molar-refractivity contribution is 5.76. The van der Waals surface area contributed by atoms with E-state index >= 15 is 0 Å². The Balaban J connectivity index is 2.72. The van der Waals surface area contributed by atoms with Crippen LogP contribution in [0.1, 0.15) is 50.3 Å². The number of carbonyl (C=O) groups is 1. The Bertz CT molecular complexity index is 332. The van der Waals surface area contributed by atoms with Crippen molar-refractivity contribution in [3.8, 4) is 0 Å². The lowest BCUT2D eigenvalue weighted by atomic mass is 9.96. The van der Waals surface area contributed by atoms with Crippen molar-refractivity contribution in [2.75, 3.05) is 0 Å². The molecule has 3 nitrogen and oxygen atoms in total. The van der Waals surface area contributed by atoms with Crippen molar-refractivity contribution >= 4 is 5.91 Å². The Morgan fingerprint density at radius 1 is 1.44 bits per heavy atom. The lowest BCUT2D eigenvalue weighted by Gasteiger charge is -2.13. The van der Waals surface area contributed by atoms with E-state index in [2.05, 4.69) is 18.8 Å². The zero-order chi connectivity index (χ0) is 12.0. The summed E-state index contributed by atoms with van der Waals surface area (Å²) in [5.41, 5.74) is 7.14. The number of amides is 1. The maximum Gasteiger partial charge on any atom is 0.221 e. The van der Waals surface area contributed by atoms with Gasteiger partial charge in [-0.25, -0.2) is 0 Å². The maximum absolute atomic E-state index is 10.7. The highest BCUT2D eigenvalue weighted by Crippen LogP contribution is 2.22. The molecule has 1 aromatic rings. The molecule has 1 atom stereocenters. The van der Waals surface area contributed by atoms with Crippen molar-refractivity contribution in [3.05, 3.63) is 29.6 Å². The summed E-state index contributed by atoms with van der Waals surface area (Å²) in [5, 5.41) is 0. The first-order valence-corrected chi connectivity index (χ1v) is 5.90. The van der Waals surface area contributed by atoms with Crippen LogP contribution in [-0.4, -0.2) is 10.9 Å². The average molecular weight is 220 g/mol. The van der Waals surface area contributed by atoms with Gasteiger partial charge in [0.2, 0.25) is 5.91 Å². The standard InChI is InChI=1S/C13H20N2O/c1-3-5-11(4-2)12-7-6-10(9-15-12)8-13(14)16/h6-7,9,11H,3-5,8H2,1-2H3,(H2,14,16). The number of rotatable bonds is 6. The summed E-state index contributed by atoms with van der Waals surface area (Å²) in [6, 6.07) is 3.97. The monoisotopic (exact) mass is 220 g/mol. The van der Waals surface area contributed by atoms with Gasteiger partial charge in [-0.2, -0.15) is 0 Å². The number of carbonyl (C=O) groups excluding carboxylic acids is 1. The number of pyridine rings is 1. The molecular formula is C13H20N2O. The molecule has 2 N–H and O–H groups in total. The van der Waals surface area contributed by atoms with E-state index < -0.39 is 0 Å². The molecule has 1 amide bonds. The number of hydrogen-bond acceptors (Lipinski definition) is 2. The van der Waals surface area contributed by atoms with E-state index in [9.17, 15) is 4.79 Å². The van der Waals surface area contributed by atoms with Crippen molar-refractivity contribution in [2.45, 2.75) is 45.4 Å². The van der Waals surface area contributed by atoms with Gasteiger partial charge in [0.1, 0.15) is 0 Å². The second-order valence-electron chi connectivity index (χ2n) is 4.13. The molecule has 0 saturated carbocycles. The third-order valence-electron chi connectivity index (χ3n) is 2.77. The van der Waals surface area contributed by atoms with Crippen LogP contribution in [0, 0.1) is 0 Å². The largest absolute Gasteiger partial charge is 0.369 e. The second-order valence-corrected chi connectivity index (χ2v) is 4.13. The number of hydrogen-bond donors (Lipinski definition) is 1. The van der Waals surface area contributed by atoms with Crippen LogP contribution in [-0.2, 0) is 11.2 Å². The van der Waals surface area contributed by atoms with Crippen LogP contribution >= 0.6 is 0 Å². The van der Waals surface area contributed by atoms with Gasteiger partial charge < -0.3 is 5.73 Å². The van der Waals surface area contributed by atoms with Crippen molar-refractivity contribution in [1.82, 2.24) is 4.98 Å². The molecule has 1 aromatic heterocycles. The molecule has 88 valence electrons. The predicted molar refractivity (Wildman–Crippen MR) is 65.1 cm³/mol. The van der Waals surface area contributed by atoms with Gasteiger partial charge in [0.05, 0.1) is 6.42 Å². The number of primary amides is 1. The molecule has 0 fully saturated rings. The second kappa shape index (κ2) is 6.26. The molecule has 0 aliphatic carbocycles. The Morgan fingerprint density at radius 3 is 2.62 bits per heavy atom. The molecule has 1 rings (SSSR count). The van der Waals surface area contributed by atoms with Crippen LogP contribution < -0.4 is 5.73 Å². The summed E-state index contributed by atoms with van der Waals surface area (Å²) in [4.78, 5) is 15.2. The van der Waals surface area contributed by atoms with Crippen molar-refractivity contribution in [3.63, 3.8) is 0 Å². The van der Waals surface area contributed by atoms with Crippen LogP contribution in [0.5, 0.6) is 0 Å². The Kier molecular flexibility index (Phi) is 4.96. The first-order valence-electron chi connectivity index (χ1n) is 5.90. The molecule has 0 spiro atoms. The minimum absolute atomic E-state index is 0.276. The lowest BCUT2D eigenvalue weighted by Crippen LogP contribution is -2.14.